The molecule has 3 aliphatic heterocycles. The van der Waals surface area contributed by atoms with Gasteiger partial charge in [-0.2, -0.15) is 0 Å². The second-order valence-electron chi connectivity index (χ2n) is 17.1. The summed E-state index contributed by atoms with van der Waals surface area (Å²) in [5.41, 5.74) is 4.04. The molecule has 0 unspecified atom stereocenters. The van der Waals surface area contributed by atoms with Crippen molar-refractivity contribution in [3.8, 4) is 68.2 Å². The molecule has 6 aromatic rings. The van der Waals surface area contributed by atoms with Crippen LogP contribution in [0, 0.1) is 0 Å². The summed E-state index contributed by atoms with van der Waals surface area (Å²) in [5.74, 6) is 2.06. The summed E-state index contributed by atoms with van der Waals surface area (Å²) in [5, 5.41) is 23.5. The van der Waals surface area contributed by atoms with Gasteiger partial charge in [0.15, 0.2) is 34.2 Å². The molecule has 2 N–H and O–H groups in total. The van der Waals surface area contributed by atoms with Crippen molar-refractivity contribution in [2.75, 3.05) is 0 Å². The van der Waals surface area contributed by atoms with E-state index in [-0.39, 0.29) is 44.6 Å². The normalized spacial score (nSPS) is 15.1. The molecule has 0 radical (unpaired) electrons. The lowest BCUT2D eigenvalue weighted by Gasteiger charge is -2.30. The summed E-state index contributed by atoms with van der Waals surface area (Å²) in [4.78, 5) is 28.6. The minimum Gasteiger partial charge on any atom is -0.507 e. The average Bonchev–Trinajstić information content (AvgIpc) is 3.18. The molecule has 0 saturated carbocycles. The number of rotatable bonds is 6. The Balaban J connectivity index is 1.10. The van der Waals surface area contributed by atoms with Crippen molar-refractivity contribution < 1.29 is 38.0 Å². The van der Waals surface area contributed by atoms with Gasteiger partial charge in [0, 0.05) is 11.1 Å². The van der Waals surface area contributed by atoms with Gasteiger partial charge >= 0.3 is 0 Å². The van der Waals surface area contributed by atoms with Crippen molar-refractivity contribution in [1.29, 1.82) is 0 Å². The first-order valence-corrected chi connectivity index (χ1v) is 19.8. The van der Waals surface area contributed by atoms with Crippen LogP contribution >= 0.6 is 0 Å². The Morgan fingerprint density at radius 2 is 1.00 bits per heavy atom. The predicted octanol–water partition coefficient (Wildman–Crippen LogP) is 11.9. The highest BCUT2D eigenvalue weighted by Gasteiger charge is 2.33. The number of allylic oxidation sites excluding steroid dienone is 4. The van der Waals surface area contributed by atoms with Gasteiger partial charge in [0.2, 0.25) is 10.9 Å². The predicted molar refractivity (Wildman–Crippen MR) is 233 cm³/mol. The van der Waals surface area contributed by atoms with Crippen LogP contribution in [-0.4, -0.2) is 21.4 Å². The fourth-order valence-corrected chi connectivity index (χ4v) is 7.81. The molecule has 0 bridgehead atoms. The fraction of sp³-hybridized carbons (Fsp3) is 0.240. The highest BCUT2D eigenvalue weighted by Crippen LogP contribution is 2.50. The van der Waals surface area contributed by atoms with Crippen LogP contribution in [0.5, 0.6) is 46.0 Å². The highest BCUT2D eigenvalue weighted by atomic mass is 16.6. The lowest BCUT2D eigenvalue weighted by Crippen LogP contribution is -2.28. The van der Waals surface area contributed by atoms with Gasteiger partial charge < -0.3 is 38.0 Å². The average molecular weight is 805 g/mol. The second kappa shape index (κ2) is 13.8. The first-order valence-electron chi connectivity index (χ1n) is 19.8. The zero-order chi connectivity index (χ0) is 42.4. The van der Waals surface area contributed by atoms with Crippen LogP contribution in [0.2, 0.25) is 0 Å². The Kier molecular flexibility index (Phi) is 8.89. The van der Waals surface area contributed by atoms with Gasteiger partial charge in [0.05, 0.1) is 22.3 Å². The van der Waals surface area contributed by atoms with Gasteiger partial charge in [-0.25, -0.2) is 0 Å². The van der Waals surface area contributed by atoms with Crippen molar-refractivity contribution in [2.45, 2.75) is 79.4 Å². The van der Waals surface area contributed by atoms with Crippen LogP contribution in [0.3, 0.4) is 0 Å². The van der Waals surface area contributed by atoms with Gasteiger partial charge in [0.1, 0.15) is 57.5 Å². The van der Waals surface area contributed by atoms with E-state index in [0.717, 1.165) is 11.1 Å². The van der Waals surface area contributed by atoms with Gasteiger partial charge in [0.25, 0.3) is 0 Å². The zero-order valence-corrected chi connectivity index (χ0v) is 34.7. The van der Waals surface area contributed by atoms with E-state index >= 15 is 0 Å². The van der Waals surface area contributed by atoms with Crippen molar-refractivity contribution in [3.63, 3.8) is 0 Å². The van der Waals surface area contributed by atoms with Gasteiger partial charge in [-0.15, -0.1) is 0 Å². The fourth-order valence-electron chi connectivity index (χ4n) is 7.81. The maximum absolute atomic E-state index is 14.3. The number of aromatic hydroxyl groups is 2. The van der Waals surface area contributed by atoms with Crippen LogP contribution in [0.1, 0.15) is 77.6 Å². The Labute approximate surface area is 345 Å². The van der Waals surface area contributed by atoms with Crippen LogP contribution in [0.4, 0.5) is 0 Å². The Morgan fingerprint density at radius 1 is 0.600 bits per heavy atom. The summed E-state index contributed by atoms with van der Waals surface area (Å²) in [6.45, 7) is 15.6. The number of benzene rings is 4. The van der Waals surface area contributed by atoms with Crippen LogP contribution < -0.4 is 29.8 Å². The second-order valence-corrected chi connectivity index (χ2v) is 17.1. The van der Waals surface area contributed by atoms with E-state index in [4.69, 9.17) is 27.8 Å². The molecule has 10 heteroatoms. The van der Waals surface area contributed by atoms with Crippen molar-refractivity contribution in [2.24, 2.45) is 0 Å². The van der Waals surface area contributed by atoms with Crippen LogP contribution in [0.15, 0.2) is 103 Å². The minimum absolute atomic E-state index is 0.0541. The lowest BCUT2D eigenvalue weighted by atomic mass is 9.93. The van der Waals surface area contributed by atoms with Crippen LogP contribution in [-0.2, 0) is 12.8 Å². The summed E-state index contributed by atoms with van der Waals surface area (Å²) < 4.78 is 37.5. The molecule has 10 nitrogen and oxygen atoms in total. The minimum atomic E-state index is -0.622. The third-order valence-electron chi connectivity index (χ3n) is 11.0. The maximum Gasteiger partial charge on any atom is 0.204 e. The van der Waals surface area contributed by atoms with Crippen molar-refractivity contribution in [3.05, 3.63) is 127 Å². The lowest BCUT2D eigenvalue weighted by molar-refractivity contribution is 0.156. The summed E-state index contributed by atoms with van der Waals surface area (Å²) in [6.07, 6.45) is 15.0. The molecule has 304 valence electrons. The van der Waals surface area contributed by atoms with E-state index in [2.05, 4.69) is 0 Å². The molecule has 0 saturated heterocycles. The molecule has 60 heavy (non-hydrogen) atoms. The van der Waals surface area contributed by atoms with E-state index < -0.39 is 22.1 Å². The van der Waals surface area contributed by atoms with E-state index in [9.17, 15) is 19.8 Å². The maximum atomic E-state index is 14.3. The van der Waals surface area contributed by atoms with Crippen molar-refractivity contribution in [1.82, 2.24) is 0 Å². The largest absolute Gasteiger partial charge is 0.507 e. The van der Waals surface area contributed by atoms with E-state index in [0.29, 0.717) is 80.7 Å². The number of ether oxygens (including phenoxy) is 4. The molecular formula is C50H44O10. The molecule has 0 amide bonds. The molecule has 0 aliphatic carbocycles. The smallest absolute Gasteiger partial charge is 0.204 e. The van der Waals surface area contributed by atoms with E-state index in [1.54, 1.807) is 36.4 Å². The summed E-state index contributed by atoms with van der Waals surface area (Å²) in [7, 11) is 0. The Morgan fingerprint density at radius 3 is 1.40 bits per heavy atom. The highest BCUT2D eigenvalue weighted by molar-refractivity contribution is 5.98. The SMILES string of the molecule is CC(C)=CCc1c2c(c3occ(-c4ccc5c(c4)Oc4cc(-c6coc7c8c(c(CC=C(C)C)c(O)c7c6=O)OC(C)(C)C=C8)ccc4O5)c(=O)c3c1O)C=CC(C)(C)O2. The molecule has 5 heterocycles. The quantitative estimate of drug-likeness (QED) is 0.156. The molecule has 9 rings (SSSR count). The Hall–Kier alpha value is -6.94. The monoisotopic (exact) mass is 804 g/mol. The molecular weight excluding hydrogens is 761 g/mol. The zero-order valence-electron chi connectivity index (χ0n) is 34.7. The molecule has 4 aromatic carbocycles. The van der Waals surface area contributed by atoms with E-state index in [1.165, 1.54) is 12.5 Å². The number of phenols is 2. The number of hydrogen-bond acceptors (Lipinski definition) is 10. The van der Waals surface area contributed by atoms with Gasteiger partial charge in [-0.3, -0.25) is 9.59 Å². The molecule has 0 fully saturated rings. The molecule has 3 aliphatic rings. The first-order chi connectivity index (χ1) is 28.5. The number of fused-ring (bicyclic) bond motifs is 8. The van der Waals surface area contributed by atoms with Crippen LogP contribution in [0.25, 0.3) is 56.3 Å². The Bertz CT molecular complexity index is 2880. The summed E-state index contributed by atoms with van der Waals surface area (Å²) in [6, 6.07) is 10.2. The third kappa shape index (κ3) is 6.43. The standard InChI is InChI=1S/C50H44O10/c1-25(2)9-13-29-41(51)39-43(53)33(23-55-47(39)31-17-19-49(5,6)59-45(29)31)27-11-15-35-37(21-27)58-38-22-28(12-16-36(38)57-35)34-24-56-48-32-18-20-50(7,8)60-46(32)30(14-10-26(3)4)42(52)40(48)44(34)54/h9-12,15-24,51-52H,13-14H2,1-8H3. The summed E-state index contributed by atoms with van der Waals surface area (Å²) >= 11 is 0. The topological polar surface area (TPSA) is 138 Å². The molecule has 2 aromatic heterocycles. The van der Waals surface area contributed by atoms with Gasteiger partial charge in [-0.1, -0.05) is 35.4 Å². The number of hydrogen-bond donors (Lipinski definition) is 2. The first kappa shape index (κ1) is 38.6. The van der Waals surface area contributed by atoms with Gasteiger partial charge in [-0.05, 0) is 128 Å². The molecule has 0 spiro atoms. The van der Waals surface area contributed by atoms with E-state index in [1.807, 2.05) is 91.8 Å². The molecule has 0 atom stereocenters. The van der Waals surface area contributed by atoms with Crippen molar-refractivity contribution >= 4 is 34.1 Å². The number of phenolic OH excluding ortho intramolecular Hbond substituents is 2. The third-order valence-corrected chi connectivity index (χ3v) is 11.0.